The lowest BCUT2D eigenvalue weighted by Gasteiger charge is -2.33. The van der Waals surface area contributed by atoms with Gasteiger partial charge in [-0.15, -0.1) is 0 Å². The summed E-state index contributed by atoms with van der Waals surface area (Å²) in [6.07, 6.45) is -0.408. The number of carbonyl (C=O) groups is 4. The van der Waals surface area contributed by atoms with E-state index >= 15 is 0 Å². The normalized spacial score (nSPS) is 14.3. The highest BCUT2D eigenvalue weighted by Gasteiger charge is 2.28. The highest BCUT2D eigenvalue weighted by molar-refractivity contribution is 6.35. The van der Waals surface area contributed by atoms with Crippen molar-refractivity contribution in [1.82, 2.24) is 20.4 Å². The molecule has 0 aromatic rings. The van der Waals surface area contributed by atoms with Crippen LogP contribution in [0.3, 0.4) is 0 Å². The number of ether oxygens (including phenoxy) is 1. The quantitative estimate of drug-likeness (QED) is 0.487. The minimum Gasteiger partial charge on any atom is -0.450 e. The van der Waals surface area contributed by atoms with E-state index < -0.39 is 17.9 Å². The van der Waals surface area contributed by atoms with Gasteiger partial charge in [0.25, 0.3) is 0 Å². The van der Waals surface area contributed by atoms with E-state index in [0.29, 0.717) is 19.7 Å². The maximum absolute atomic E-state index is 11.9. The number of amides is 4. The molecule has 1 fully saturated rings. The molecular formula is C13H22N4O5. The number of carbonyl (C=O) groups excluding carboxylic acids is 4. The Morgan fingerprint density at radius 2 is 1.50 bits per heavy atom. The Morgan fingerprint density at radius 1 is 0.955 bits per heavy atom. The van der Waals surface area contributed by atoms with E-state index in [0.717, 1.165) is 0 Å². The average Bonchev–Trinajstić information content (AvgIpc) is 2.50. The van der Waals surface area contributed by atoms with Crippen molar-refractivity contribution in [2.75, 3.05) is 45.9 Å². The molecule has 0 radical (unpaired) electrons. The summed E-state index contributed by atoms with van der Waals surface area (Å²) in [5.41, 5.74) is 0. The highest BCUT2D eigenvalue weighted by atomic mass is 16.6. The van der Waals surface area contributed by atoms with Crippen LogP contribution in [-0.4, -0.2) is 79.5 Å². The summed E-state index contributed by atoms with van der Waals surface area (Å²) in [7, 11) is 0. The van der Waals surface area contributed by atoms with Crippen LogP contribution < -0.4 is 10.6 Å². The van der Waals surface area contributed by atoms with Crippen LogP contribution in [0.5, 0.6) is 0 Å². The first-order valence-electron chi connectivity index (χ1n) is 7.19. The van der Waals surface area contributed by atoms with Crippen LogP contribution in [0.4, 0.5) is 4.79 Å². The fraction of sp³-hybridized carbons (Fsp3) is 0.692. The second-order valence-corrected chi connectivity index (χ2v) is 4.72. The first kappa shape index (κ1) is 17.7. The number of hydrogen-bond acceptors (Lipinski definition) is 5. The maximum Gasteiger partial charge on any atom is 0.409 e. The lowest BCUT2D eigenvalue weighted by Crippen LogP contribution is -2.54. The fourth-order valence-corrected chi connectivity index (χ4v) is 1.94. The van der Waals surface area contributed by atoms with Crippen molar-refractivity contribution in [1.29, 1.82) is 0 Å². The van der Waals surface area contributed by atoms with E-state index in [4.69, 9.17) is 4.74 Å². The maximum atomic E-state index is 11.9. The largest absolute Gasteiger partial charge is 0.450 e. The number of rotatable bonds is 4. The molecule has 0 aromatic heterocycles. The lowest BCUT2D eigenvalue weighted by atomic mass is 10.3. The van der Waals surface area contributed by atoms with E-state index in [1.165, 1.54) is 16.7 Å². The zero-order chi connectivity index (χ0) is 16.5. The average molecular weight is 314 g/mol. The van der Waals surface area contributed by atoms with Crippen LogP contribution >= 0.6 is 0 Å². The van der Waals surface area contributed by atoms with Crippen molar-refractivity contribution in [3.8, 4) is 0 Å². The van der Waals surface area contributed by atoms with Gasteiger partial charge >= 0.3 is 17.9 Å². The van der Waals surface area contributed by atoms with Gasteiger partial charge in [0.1, 0.15) is 0 Å². The molecule has 0 aliphatic carbocycles. The molecule has 0 spiro atoms. The van der Waals surface area contributed by atoms with Gasteiger partial charge in [0.15, 0.2) is 0 Å². The van der Waals surface area contributed by atoms with Gasteiger partial charge in [0.2, 0.25) is 5.91 Å². The van der Waals surface area contributed by atoms with Crippen LogP contribution in [0.15, 0.2) is 0 Å². The van der Waals surface area contributed by atoms with Gasteiger partial charge in [0.05, 0.1) is 6.61 Å². The molecular weight excluding hydrogens is 292 g/mol. The highest BCUT2D eigenvalue weighted by Crippen LogP contribution is 2.04. The third-order valence-corrected chi connectivity index (χ3v) is 3.07. The van der Waals surface area contributed by atoms with Gasteiger partial charge < -0.3 is 25.2 Å². The van der Waals surface area contributed by atoms with Crippen molar-refractivity contribution < 1.29 is 23.9 Å². The molecule has 0 unspecified atom stereocenters. The van der Waals surface area contributed by atoms with Gasteiger partial charge in [-0.2, -0.15) is 0 Å². The smallest absolute Gasteiger partial charge is 0.409 e. The number of hydrogen-bond donors (Lipinski definition) is 2. The first-order chi connectivity index (χ1) is 10.5. The van der Waals surface area contributed by atoms with E-state index in [9.17, 15) is 19.2 Å². The van der Waals surface area contributed by atoms with Crippen LogP contribution in [0.25, 0.3) is 0 Å². The molecule has 1 heterocycles. The molecule has 2 N–H and O–H groups in total. The number of nitrogens with one attached hydrogen (secondary N) is 2. The SMILES string of the molecule is CCOC(=O)N1CCN(C(=O)C(=O)NCCNC(C)=O)CC1. The third kappa shape index (κ3) is 5.58. The number of piperazine rings is 1. The van der Waals surface area contributed by atoms with Gasteiger partial charge in [-0.25, -0.2) is 4.79 Å². The monoisotopic (exact) mass is 314 g/mol. The lowest BCUT2D eigenvalue weighted by molar-refractivity contribution is -0.146. The van der Waals surface area contributed by atoms with Crippen LogP contribution in [-0.2, 0) is 19.1 Å². The minimum absolute atomic E-state index is 0.187. The molecule has 124 valence electrons. The standard InChI is InChI=1S/C13H22N4O5/c1-3-22-13(21)17-8-6-16(7-9-17)12(20)11(19)15-5-4-14-10(2)18/h3-9H2,1-2H3,(H,14,18)(H,15,19). The van der Waals surface area contributed by atoms with Crippen molar-refractivity contribution in [3.63, 3.8) is 0 Å². The molecule has 1 aliphatic heterocycles. The molecule has 0 aromatic carbocycles. The zero-order valence-corrected chi connectivity index (χ0v) is 12.9. The van der Waals surface area contributed by atoms with Crippen molar-refractivity contribution in [2.45, 2.75) is 13.8 Å². The molecule has 22 heavy (non-hydrogen) atoms. The van der Waals surface area contributed by atoms with Gasteiger partial charge in [-0.3, -0.25) is 14.4 Å². The van der Waals surface area contributed by atoms with Crippen LogP contribution in [0, 0.1) is 0 Å². The summed E-state index contributed by atoms with van der Waals surface area (Å²) >= 11 is 0. The Balaban J connectivity index is 2.31. The summed E-state index contributed by atoms with van der Waals surface area (Å²) in [4.78, 5) is 48.7. The van der Waals surface area contributed by atoms with Gasteiger partial charge in [-0.1, -0.05) is 0 Å². The second kappa shape index (κ2) is 8.85. The predicted octanol–water partition coefficient (Wildman–Crippen LogP) is -1.46. The summed E-state index contributed by atoms with van der Waals surface area (Å²) in [6.45, 7) is 5.10. The van der Waals surface area contributed by atoms with Crippen LogP contribution in [0.1, 0.15) is 13.8 Å². The summed E-state index contributed by atoms with van der Waals surface area (Å²) in [6, 6.07) is 0. The van der Waals surface area contributed by atoms with E-state index in [1.54, 1.807) is 6.92 Å². The molecule has 4 amide bonds. The van der Waals surface area contributed by atoms with Gasteiger partial charge in [0, 0.05) is 46.2 Å². The Labute approximate surface area is 128 Å². The molecule has 1 aliphatic rings. The Bertz CT molecular complexity index is 432. The minimum atomic E-state index is -0.713. The molecule has 1 saturated heterocycles. The summed E-state index contributed by atoms with van der Waals surface area (Å²) in [5, 5.41) is 4.95. The Hall–Kier alpha value is -2.32. The topological polar surface area (TPSA) is 108 Å². The van der Waals surface area contributed by atoms with E-state index in [2.05, 4.69) is 10.6 Å². The molecule has 0 bridgehead atoms. The molecule has 9 nitrogen and oxygen atoms in total. The van der Waals surface area contributed by atoms with Crippen molar-refractivity contribution in [3.05, 3.63) is 0 Å². The molecule has 9 heteroatoms. The fourth-order valence-electron chi connectivity index (χ4n) is 1.94. The molecule has 1 rings (SSSR count). The van der Waals surface area contributed by atoms with Crippen molar-refractivity contribution in [2.24, 2.45) is 0 Å². The summed E-state index contributed by atoms with van der Waals surface area (Å²) in [5.74, 6) is -1.54. The second-order valence-electron chi connectivity index (χ2n) is 4.72. The molecule has 0 saturated carbocycles. The zero-order valence-electron chi connectivity index (χ0n) is 12.9. The Morgan fingerprint density at radius 3 is 2.05 bits per heavy atom. The van der Waals surface area contributed by atoms with Crippen molar-refractivity contribution >= 4 is 23.8 Å². The Kier molecular flexibility index (Phi) is 7.14. The van der Waals surface area contributed by atoms with E-state index in [-0.39, 0.29) is 32.1 Å². The van der Waals surface area contributed by atoms with Crippen LogP contribution in [0.2, 0.25) is 0 Å². The number of nitrogens with zero attached hydrogens (tertiary/aromatic N) is 2. The third-order valence-electron chi connectivity index (χ3n) is 3.07. The predicted molar refractivity (Wildman–Crippen MR) is 76.9 cm³/mol. The molecule has 0 atom stereocenters. The first-order valence-corrected chi connectivity index (χ1v) is 7.19. The van der Waals surface area contributed by atoms with E-state index in [1.807, 2.05) is 0 Å². The van der Waals surface area contributed by atoms with Gasteiger partial charge in [-0.05, 0) is 6.92 Å². The summed E-state index contributed by atoms with van der Waals surface area (Å²) < 4.78 is 4.88.